The summed E-state index contributed by atoms with van der Waals surface area (Å²) in [6.45, 7) is 5.03. The van der Waals surface area contributed by atoms with E-state index in [0.29, 0.717) is 6.54 Å². The fourth-order valence-corrected chi connectivity index (χ4v) is 3.17. The number of nitrogens with one attached hydrogen (secondary N) is 2. The van der Waals surface area contributed by atoms with Gasteiger partial charge in [0.15, 0.2) is 5.96 Å². The summed E-state index contributed by atoms with van der Waals surface area (Å²) in [7, 11) is 1.71. The van der Waals surface area contributed by atoms with Gasteiger partial charge in [0.25, 0.3) is 0 Å². The van der Waals surface area contributed by atoms with E-state index in [9.17, 15) is 0 Å². The van der Waals surface area contributed by atoms with Gasteiger partial charge >= 0.3 is 0 Å². The maximum absolute atomic E-state index is 5.43. The van der Waals surface area contributed by atoms with Crippen molar-refractivity contribution in [3.8, 4) is 5.75 Å². The van der Waals surface area contributed by atoms with Gasteiger partial charge in [-0.3, -0.25) is 4.68 Å². The van der Waals surface area contributed by atoms with Crippen LogP contribution in [0.4, 0.5) is 0 Å². The summed E-state index contributed by atoms with van der Waals surface area (Å²) in [5, 5.41) is 11.1. The molecule has 0 unspecified atom stereocenters. The van der Waals surface area contributed by atoms with Gasteiger partial charge < -0.3 is 15.4 Å². The van der Waals surface area contributed by atoms with Crippen LogP contribution in [0, 0.1) is 0 Å². The van der Waals surface area contributed by atoms with Crippen molar-refractivity contribution in [2.75, 3.05) is 20.2 Å². The first-order valence-corrected chi connectivity index (χ1v) is 9.98. The molecule has 0 saturated carbocycles. The molecule has 0 fully saturated rings. The second-order valence-electron chi connectivity index (χ2n) is 6.66. The van der Waals surface area contributed by atoms with Crippen molar-refractivity contribution in [2.24, 2.45) is 4.99 Å². The fourth-order valence-electron chi connectivity index (χ4n) is 3.17. The number of guanidine groups is 1. The second kappa shape index (κ2) is 12.9. The molecule has 0 radical (unpaired) electrons. The van der Waals surface area contributed by atoms with Gasteiger partial charge in [0, 0.05) is 25.5 Å². The highest BCUT2D eigenvalue weighted by Crippen LogP contribution is 2.17. The molecule has 0 amide bonds. The zero-order valence-electron chi connectivity index (χ0n) is 17.5. The number of para-hydroxylation sites is 1. The summed E-state index contributed by atoms with van der Waals surface area (Å²) in [5.74, 6) is 1.74. The number of ether oxygens (including phenoxy) is 1. The second-order valence-corrected chi connectivity index (χ2v) is 6.66. The van der Waals surface area contributed by atoms with Crippen LogP contribution in [-0.4, -0.2) is 35.9 Å². The van der Waals surface area contributed by atoms with Crippen LogP contribution < -0.4 is 15.4 Å². The molecule has 2 N–H and O–H groups in total. The van der Waals surface area contributed by atoms with Gasteiger partial charge in [-0.05, 0) is 42.2 Å². The molecule has 6 nitrogen and oxygen atoms in total. The molecule has 0 aliphatic carbocycles. The standard InChI is InChI=1S/C23H29N5O.HI/c1-3-24-23(25-15-13-19-9-6-7-12-22(19)29-2)26-17-20-10-4-5-11-21(20)18-28-16-8-14-27-28;/h4-12,14,16H,3,13,15,17-18H2,1-2H3,(H2,24,25,26);1H. The highest BCUT2D eigenvalue weighted by molar-refractivity contribution is 14.0. The SMILES string of the molecule is CCNC(=NCc1ccccc1Cn1cccn1)NCCc1ccccc1OC.I. The van der Waals surface area contributed by atoms with E-state index in [-0.39, 0.29) is 24.0 Å². The van der Waals surface area contributed by atoms with Crippen LogP contribution in [0.1, 0.15) is 23.6 Å². The maximum atomic E-state index is 5.43. The van der Waals surface area contributed by atoms with E-state index in [1.165, 1.54) is 16.7 Å². The van der Waals surface area contributed by atoms with Crippen molar-refractivity contribution < 1.29 is 4.74 Å². The largest absolute Gasteiger partial charge is 0.496 e. The number of nitrogens with zero attached hydrogens (tertiary/aromatic N) is 3. The third kappa shape index (κ3) is 7.05. The maximum Gasteiger partial charge on any atom is 0.191 e. The van der Waals surface area contributed by atoms with Crippen molar-refractivity contribution in [2.45, 2.75) is 26.4 Å². The van der Waals surface area contributed by atoms with Crippen LogP contribution in [0.2, 0.25) is 0 Å². The molecule has 0 aliphatic heterocycles. The van der Waals surface area contributed by atoms with Gasteiger partial charge in [-0.15, -0.1) is 24.0 Å². The molecule has 0 saturated heterocycles. The first kappa shape index (κ1) is 23.7. The molecule has 3 aromatic rings. The Kier molecular flexibility index (Phi) is 10.2. The van der Waals surface area contributed by atoms with E-state index in [1.807, 2.05) is 35.1 Å². The van der Waals surface area contributed by atoms with Crippen LogP contribution in [0.3, 0.4) is 0 Å². The Labute approximate surface area is 195 Å². The third-order valence-corrected chi connectivity index (χ3v) is 4.64. The summed E-state index contributed by atoms with van der Waals surface area (Å²) in [4.78, 5) is 4.78. The van der Waals surface area contributed by atoms with Gasteiger partial charge in [-0.25, -0.2) is 4.99 Å². The number of rotatable bonds is 9. The predicted molar refractivity (Wildman–Crippen MR) is 133 cm³/mol. The monoisotopic (exact) mass is 519 g/mol. The number of hydrogen-bond acceptors (Lipinski definition) is 3. The van der Waals surface area contributed by atoms with Crippen LogP contribution in [0.15, 0.2) is 72.0 Å². The van der Waals surface area contributed by atoms with Gasteiger partial charge in [0.1, 0.15) is 5.75 Å². The summed E-state index contributed by atoms with van der Waals surface area (Å²) < 4.78 is 7.36. The highest BCUT2D eigenvalue weighted by Gasteiger charge is 2.05. The van der Waals surface area contributed by atoms with E-state index in [1.54, 1.807) is 13.3 Å². The van der Waals surface area contributed by atoms with Crippen molar-refractivity contribution in [1.29, 1.82) is 0 Å². The average Bonchev–Trinajstić information content (AvgIpc) is 3.26. The van der Waals surface area contributed by atoms with Gasteiger partial charge in [-0.1, -0.05) is 42.5 Å². The fraction of sp³-hybridized carbons (Fsp3) is 0.304. The Balaban J connectivity index is 0.00000320. The lowest BCUT2D eigenvalue weighted by molar-refractivity contribution is 0.409. The van der Waals surface area contributed by atoms with Crippen molar-refractivity contribution in [1.82, 2.24) is 20.4 Å². The van der Waals surface area contributed by atoms with E-state index >= 15 is 0 Å². The first-order chi connectivity index (χ1) is 14.3. The summed E-state index contributed by atoms with van der Waals surface area (Å²) in [5.41, 5.74) is 3.61. The minimum atomic E-state index is 0. The van der Waals surface area contributed by atoms with E-state index < -0.39 is 0 Å². The zero-order chi connectivity index (χ0) is 20.3. The molecule has 0 atom stereocenters. The number of benzene rings is 2. The van der Waals surface area contributed by atoms with Gasteiger partial charge in [-0.2, -0.15) is 5.10 Å². The average molecular weight is 519 g/mol. The smallest absolute Gasteiger partial charge is 0.191 e. The molecule has 30 heavy (non-hydrogen) atoms. The molecule has 1 heterocycles. The molecular weight excluding hydrogens is 489 g/mol. The van der Waals surface area contributed by atoms with Crippen molar-refractivity contribution >= 4 is 29.9 Å². The van der Waals surface area contributed by atoms with E-state index in [2.05, 4.69) is 53.0 Å². The number of hydrogen-bond donors (Lipinski definition) is 2. The Morgan fingerprint density at radius 2 is 1.73 bits per heavy atom. The number of aromatic nitrogens is 2. The molecule has 2 aromatic carbocycles. The Morgan fingerprint density at radius 3 is 2.43 bits per heavy atom. The first-order valence-electron chi connectivity index (χ1n) is 9.98. The lowest BCUT2D eigenvalue weighted by Crippen LogP contribution is -2.38. The molecule has 0 spiro atoms. The van der Waals surface area contributed by atoms with Crippen molar-refractivity contribution in [3.63, 3.8) is 0 Å². The normalized spacial score (nSPS) is 10.9. The lowest BCUT2D eigenvalue weighted by atomic mass is 10.1. The third-order valence-electron chi connectivity index (χ3n) is 4.64. The summed E-state index contributed by atoms with van der Waals surface area (Å²) in [6.07, 6.45) is 4.64. The minimum absolute atomic E-state index is 0. The molecule has 160 valence electrons. The Bertz CT molecular complexity index is 911. The van der Waals surface area contributed by atoms with Gasteiger partial charge in [0.05, 0.1) is 20.2 Å². The minimum Gasteiger partial charge on any atom is -0.496 e. The molecule has 1 aromatic heterocycles. The summed E-state index contributed by atoms with van der Waals surface area (Å²) in [6, 6.07) is 18.4. The Morgan fingerprint density at radius 1 is 1.00 bits per heavy atom. The van der Waals surface area contributed by atoms with Crippen LogP contribution in [0.5, 0.6) is 5.75 Å². The number of aliphatic imine (C=N–C) groups is 1. The topological polar surface area (TPSA) is 63.5 Å². The predicted octanol–water partition coefficient (Wildman–Crippen LogP) is 3.86. The number of halogens is 1. The Hall–Kier alpha value is -2.55. The van der Waals surface area contributed by atoms with Crippen LogP contribution in [-0.2, 0) is 19.5 Å². The zero-order valence-corrected chi connectivity index (χ0v) is 19.9. The quantitative estimate of drug-likeness (QED) is 0.256. The van der Waals surface area contributed by atoms with Gasteiger partial charge in [0.2, 0.25) is 0 Å². The highest BCUT2D eigenvalue weighted by atomic mass is 127. The lowest BCUT2D eigenvalue weighted by Gasteiger charge is -2.13. The molecule has 0 aliphatic rings. The van der Waals surface area contributed by atoms with E-state index in [0.717, 1.165) is 37.8 Å². The molecule has 0 bridgehead atoms. The molecular formula is C23H30IN5O. The van der Waals surface area contributed by atoms with E-state index in [4.69, 9.17) is 9.73 Å². The summed E-state index contributed by atoms with van der Waals surface area (Å²) >= 11 is 0. The molecule has 3 rings (SSSR count). The van der Waals surface area contributed by atoms with Crippen LogP contribution >= 0.6 is 24.0 Å². The molecule has 7 heteroatoms. The van der Waals surface area contributed by atoms with Crippen molar-refractivity contribution in [3.05, 3.63) is 83.7 Å². The van der Waals surface area contributed by atoms with Crippen LogP contribution in [0.25, 0.3) is 0 Å². The number of methoxy groups -OCH3 is 1.